The van der Waals surface area contributed by atoms with Crippen LogP contribution in [0.5, 0.6) is 0 Å². The van der Waals surface area contributed by atoms with E-state index in [0.717, 1.165) is 58.9 Å². The average molecular weight is 409 g/mol. The monoisotopic (exact) mass is 408 g/mol. The summed E-state index contributed by atoms with van der Waals surface area (Å²) in [7, 11) is 0. The summed E-state index contributed by atoms with van der Waals surface area (Å²) in [5, 5.41) is 0. The maximum absolute atomic E-state index is 12.9. The summed E-state index contributed by atoms with van der Waals surface area (Å²) in [6.45, 7) is 14.1. The van der Waals surface area contributed by atoms with E-state index in [1.807, 2.05) is 0 Å². The Morgan fingerprint density at radius 3 is 2.07 bits per heavy atom. The number of carbonyl (C=O) groups excluding carboxylic acids is 1. The summed E-state index contributed by atoms with van der Waals surface area (Å²) < 4.78 is 0. The van der Waals surface area contributed by atoms with Gasteiger partial charge in [-0.25, -0.2) is 0 Å². The second-order valence-electron chi connectivity index (χ2n) is 8.93. The van der Waals surface area contributed by atoms with E-state index in [1.165, 1.54) is 27.3 Å². The maximum Gasteiger partial charge on any atom is 0.278 e. The molecule has 5 heteroatoms. The molecule has 4 rings (SSSR count). The van der Waals surface area contributed by atoms with Crippen LogP contribution in [0.4, 0.5) is 5.69 Å². The summed E-state index contributed by atoms with van der Waals surface area (Å²) >= 11 is 0. The van der Waals surface area contributed by atoms with Crippen molar-refractivity contribution in [3.63, 3.8) is 0 Å². The number of hydrogen-bond acceptors (Lipinski definition) is 2. The van der Waals surface area contributed by atoms with Gasteiger partial charge in [-0.1, -0.05) is 42.5 Å². The number of aryl methyl sites for hydroxylation is 2. The summed E-state index contributed by atoms with van der Waals surface area (Å²) in [6, 6.07) is 17.3. The maximum atomic E-state index is 12.9. The van der Waals surface area contributed by atoms with Gasteiger partial charge in [0.2, 0.25) is 0 Å². The lowest BCUT2D eigenvalue weighted by Crippen LogP contribution is -3.16. The van der Waals surface area contributed by atoms with Crippen LogP contribution in [0, 0.1) is 13.8 Å². The third-order valence-electron chi connectivity index (χ3n) is 6.85. The fourth-order valence-corrected chi connectivity index (χ4v) is 4.81. The highest BCUT2D eigenvalue weighted by Crippen LogP contribution is 2.18. The fraction of sp³-hybridized carbons (Fsp3) is 0.480. The van der Waals surface area contributed by atoms with Crippen LogP contribution in [0.15, 0.2) is 48.5 Å². The predicted octanol–water partition coefficient (Wildman–Crippen LogP) is -0.0644. The summed E-state index contributed by atoms with van der Waals surface area (Å²) in [5.74, 6) is 0.337. The van der Waals surface area contributed by atoms with Crippen molar-refractivity contribution in [1.29, 1.82) is 0 Å². The Hall–Kier alpha value is -2.37. The van der Waals surface area contributed by atoms with E-state index in [-0.39, 0.29) is 0 Å². The molecule has 0 bridgehead atoms. The molecule has 0 aliphatic carbocycles. The number of nitrogens with zero attached hydrogens (tertiary/aromatic N) is 2. The number of hydrogen-bond donors (Lipinski definition) is 2. The molecule has 2 aromatic carbocycles. The van der Waals surface area contributed by atoms with E-state index in [4.69, 9.17) is 0 Å². The summed E-state index contributed by atoms with van der Waals surface area (Å²) in [6.07, 6.45) is 0. The van der Waals surface area contributed by atoms with Gasteiger partial charge in [-0.3, -0.25) is 4.79 Å². The summed E-state index contributed by atoms with van der Waals surface area (Å²) in [5.41, 5.74) is 5.49. The minimum atomic E-state index is 0.337. The quantitative estimate of drug-likeness (QED) is 0.727. The Balaban J connectivity index is 1.21. The van der Waals surface area contributed by atoms with E-state index < -0.39 is 0 Å². The molecule has 160 valence electrons. The third kappa shape index (κ3) is 5.02. The molecule has 0 spiro atoms. The first-order valence-corrected chi connectivity index (χ1v) is 11.4. The lowest BCUT2D eigenvalue weighted by molar-refractivity contribution is -0.918. The minimum absolute atomic E-state index is 0.337. The molecule has 2 fully saturated rings. The Bertz CT molecular complexity index is 852. The molecule has 30 heavy (non-hydrogen) atoms. The molecule has 2 aliphatic rings. The normalized spacial score (nSPS) is 18.6. The van der Waals surface area contributed by atoms with Crippen molar-refractivity contribution in [3.05, 3.63) is 65.2 Å². The lowest BCUT2D eigenvalue weighted by atomic mass is 10.1. The highest BCUT2D eigenvalue weighted by atomic mass is 16.2. The first-order valence-electron chi connectivity index (χ1n) is 11.4. The zero-order valence-electron chi connectivity index (χ0n) is 18.5. The smallest absolute Gasteiger partial charge is 0.278 e. The van der Waals surface area contributed by atoms with Crippen LogP contribution in [0.1, 0.15) is 16.7 Å². The molecule has 2 aromatic rings. The number of amides is 1. The molecule has 0 aromatic heterocycles. The van der Waals surface area contributed by atoms with Crippen LogP contribution in [0.25, 0.3) is 0 Å². The second kappa shape index (κ2) is 9.63. The fourth-order valence-electron chi connectivity index (χ4n) is 4.81. The zero-order chi connectivity index (χ0) is 20.9. The number of rotatable bonds is 5. The van der Waals surface area contributed by atoms with E-state index >= 15 is 0 Å². The Morgan fingerprint density at radius 2 is 1.40 bits per heavy atom. The van der Waals surface area contributed by atoms with Crippen LogP contribution in [-0.2, 0) is 11.3 Å². The number of benzene rings is 2. The Morgan fingerprint density at radius 1 is 0.800 bits per heavy atom. The number of quaternary nitrogens is 2. The van der Waals surface area contributed by atoms with Gasteiger partial charge in [0, 0.05) is 11.3 Å². The van der Waals surface area contributed by atoms with Crippen molar-refractivity contribution in [2.24, 2.45) is 0 Å². The van der Waals surface area contributed by atoms with Gasteiger partial charge in [0.1, 0.15) is 6.54 Å². The molecule has 0 saturated carbocycles. The molecule has 2 heterocycles. The van der Waals surface area contributed by atoms with Gasteiger partial charge in [0.25, 0.3) is 5.91 Å². The first-order chi connectivity index (χ1) is 14.6. The molecule has 2 N–H and O–H groups in total. The molecular formula is C25H36N4O+2. The van der Waals surface area contributed by atoms with Crippen molar-refractivity contribution in [2.75, 3.05) is 63.8 Å². The van der Waals surface area contributed by atoms with Gasteiger partial charge in [0.15, 0.2) is 6.54 Å². The number of nitrogens with one attached hydrogen (secondary N) is 2. The van der Waals surface area contributed by atoms with Crippen molar-refractivity contribution in [1.82, 2.24) is 4.90 Å². The molecular weight excluding hydrogens is 372 g/mol. The third-order valence-corrected chi connectivity index (χ3v) is 6.85. The van der Waals surface area contributed by atoms with Gasteiger partial charge in [-0.05, 0) is 31.0 Å². The number of carbonyl (C=O) groups is 1. The molecule has 0 radical (unpaired) electrons. The van der Waals surface area contributed by atoms with Gasteiger partial charge >= 0.3 is 0 Å². The number of para-hydroxylation sites is 1. The second-order valence-corrected chi connectivity index (χ2v) is 8.93. The van der Waals surface area contributed by atoms with Crippen LogP contribution in [0.2, 0.25) is 0 Å². The Kier molecular flexibility index (Phi) is 6.70. The topological polar surface area (TPSA) is 32.4 Å². The van der Waals surface area contributed by atoms with Crippen molar-refractivity contribution >= 4 is 11.6 Å². The molecule has 1 amide bonds. The highest BCUT2D eigenvalue weighted by Gasteiger charge is 2.28. The van der Waals surface area contributed by atoms with Gasteiger partial charge in [-0.2, -0.15) is 0 Å². The standard InChI is InChI=1S/C25H34N4O/c1-21-7-3-5-9-23(21)19-26-13-17-29(18-14-26)25(30)20-27-11-15-28(16-12-27)24-10-6-4-8-22(24)2/h3-10H,11-20H2,1-2H3/p+2. The van der Waals surface area contributed by atoms with Gasteiger partial charge in [0.05, 0.1) is 52.4 Å². The van der Waals surface area contributed by atoms with Crippen molar-refractivity contribution in [3.8, 4) is 0 Å². The average Bonchev–Trinajstić information content (AvgIpc) is 2.77. The Labute approximate surface area is 180 Å². The minimum Gasteiger partial charge on any atom is -0.360 e. The molecule has 0 unspecified atom stereocenters. The molecule has 0 atom stereocenters. The molecule has 2 aliphatic heterocycles. The van der Waals surface area contributed by atoms with Gasteiger partial charge < -0.3 is 19.6 Å². The molecule has 2 saturated heterocycles. The number of piperazine rings is 2. The lowest BCUT2D eigenvalue weighted by Gasteiger charge is -2.36. The zero-order valence-corrected chi connectivity index (χ0v) is 18.5. The van der Waals surface area contributed by atoms with Crippen LogP contribution in [0.3, 0.4) is 0 Å². The van der Waals surface area contributed by atoms with Gasteiger partial charge in [-0.15, -0.1) is 0 Å². The van der Waals surface area contributed by atoms with Crippen LogP contribution < -0.4 is 14.7 Å². The largest absolute Gasteiger partial charge is 0.360 e. The SMILES string of the molecule is Cc1ccccc1C[NH+]1CCN(C(=O)C[NH+]2CCN(c3ccccc3C)CC2)CC1. The summed E-state index contributed by atoms with van der Waals surface area (Å²) in [4.78, 5) is 20.5. The van der Waals surface area contributed by atoms with Crippen molar-refractivity contribution < 1.29 is 14.6 Å². The van der Waals surface area contributed by atoms with E-state index in [2.05, 4.69) is 72.2 Å². The predicted molar refractivity (Wildman–Crippen MR) is 121 cm³/mol. The van der Waals surface area contributed by atoms with Crippen LogP contribution in [-0.4, -0.2) is 69.7 Å². The molecule has 5 nitrogen and oxygen atoms in total. The van der Waals surface area contributed by atoms with E-state index in [1.54, 1.807) is 4.90 Å². The van der Waals surface area contributed by atoms with E-state index in [9.17, 15) is 4.79 Å². The highest BCUT2D eigenvalue weighted by molar-refractivity contribution is 5.77. The van der Waals surface area contributed by atoms with E-state index in [0.29, 0.717) is 12.5 Å². The van der Waals surface area contributed by atoms with Crippen LogP contribution >= 0.6 is 0 Å². The number of anilines is 1. The first kappa shape index (κ1) is 20.9. The van der Waals surface area contributed by atoms with Crippen molar-refractivity contribution in [2.45, 2.75) is 20.4 Å².